The fourth-order valence-electron chi connectivity index (χ4n) is 3.74. The minimum Gasteiger partial charge on any atom is -0.353 e. The molecule has 2 aromatic rings. The molecule has 4 rings (SSSR count). The maximum Gasteiger partial charge on any atom is 0.263 e. The number of likely N-dealkylation sites (tertiary alicyclic amines) is 1. The summed E-state index contributed by atoms with van der Waals surface area (Å²) in [6, 6.07) is 12.4. The van der Waals surface area contributed by atoms with Crippen LogP contribution in [0.2, 0.25) is 0 Å². The Bertz CT molecular complexity index is 927. The monoisotopic (exact) mass is 460 g/mol. The summed E-state index contributed by atoms with van der Waals surface area (Å²) in [6.45, 7) is 2.08. The largest absolute Gasteiger partial charge is 0.353 e. The lowest BCUT2D eigenvalue weighted by Crippen LogP contribution is -2.35. The summed E-state index contributed by atoms with van der Waals surface area (Å²) in [6.07, 6.45) is 3.45. The lowest BCUT2D eigenvalue weighted by atomic mass is 9.96. The molecule has 0 aliphatic carbocycles. The van der Waals surface area contributed by atoms with Crippen molar-refractivity contribution in [2.24, 2.45) is 5.92 Å². The van der Waals surface area contributed by atoms with Crippen LogP contribution in [-0.2, 0) is 9.53 Å². The molecule has 2 aromatic carbocycles. The number of amides is 1. The molecule has 31 heavy (non-hydrogen) atoms. The Hall–Kier alpha value is -2.13. The van der Waals surface area contributed by atoms with E-state index in [1.807, 2.05) is 6.08 Å². The average Bonchev–Trinajstić information content (AvgIpc) is 3.08. The van der Waals surface area contributed by atoms with Crippen molar-refractivity contribution in [3.05, 3.63) is 82.3 Å². The SMILES string of the molecule is O=C1NC(=S)S/C1=C/C1CCN(COC(c2ccc(F)cc2)c2ccc(F)cc2)CC1. The van der Waals surface area contributed by atoms with Gasteiger partial charge in [0.1, 0.15) is 28.8 Å². The second-order valence-corrected chi connectivity index (χ2v) is 9.33. The molecule has 162 valence electrons. The molecule has 0 radical (unpaired) electrons. The third-order valence-electron chi connectivity index (χ3n) is 5.43. The number of thioether (sulfide) groups is 1. The van der Waals surface area contributed by atoms with Gasteiger partial charge in [0, 0.05) is 13.1 Å². The molecule has 2 aliphatic rings. The summed E-state index contributed by atoms with van der Waals surface area (Å²) in [4.78, 5) is 14.7. The van der Waals surface area contributed by atoms with Gasteiger partial charge in [0.2, 0.25) is 0 Å². The number of carbonyl (C=O) groups excluding carboxylic acids is 1. The van der Waals surface area contributed by atoms with Gasteiger partial charge in [-0.2, -0.15) is 0 Å². The molecule has 0 aromatic heterocycles. The number of nitrogens with zero attached hydrogens (tertiary/aromatic N) is 1. The van der Waals surface area contributed by atoms with Crippen molar-refractivity contribution in [2.45, 2.75) is 18.9 Å². The van der Waals surface area contributed by atoms with Crippen LogP contribution < -0.4 is 5.32 Å². The van der Waals surface area contributed by atoms with Gasteiger partial charge in [-0.15, -0.1) is 0 Å². The van der Waals surface area contributed by atoms with Gasteiger partial charge in [-0.3, -0.25) is 9.69 Å². The van der Waals surface area contributed by atoms with Crippen LogP contribution in [0.5, 0.6) is 0 Å². The second-order valence-electron chi connectivity index (χ2n) is 7.61. The highest BCUT2D eigenvalue weighted by Crippen LogP contribution is 2.30. The summed E-state index contributed by atoms with van der Waals surface area (Å²) < 4.78 is 33.5. The molecule has 0 spiro atoms. The summed E-state index contributed by atoms with van der Waals surface area (Å²) in [5.41, 5.74) is 1.63. The predicted molar refractivity (Wildman–Crippen MR) is 121 cm³/mol. The van der Waals surface area contributed by atoms with Crippen LogP contribution in [0.3, 0.4) is 0 Å². The molecular weight excluding hydrogens is 438 g/mol. The molecule has 0 atom stereocenters. The van der Waals surface area contributed by atoms with Gasteiger partial charge < -0.3 is 10.1 Å². The molecule has 0 bridgehead atoms. The minimum atomic E-state index is -0.416. The van der Waals surface area contributed by atoms with Crippen molar-refractivity contribution in [3.63, 3.8) is 0 Å². The lowest BCUT2D eigenvalue weighted by Gasteiger charge is -2.32. The molecule has 0 unspecified atom stereocenters. The summed E-state index contributed by atoms with van der Waals surface area (Å²) in [5.74, 6) is -0.405. The quantitative estimate of drug-likeness (QED) is 0.497. The summed E-state index contributed by atoms with van der Waals surface area (Å²) >= 11 is 6.36. The molecule has 2 fully saturated rings. The Morgan fingerprint density at radius 1 is 1.06 bits per heavy atom. The maximum atomic E-state index is 13.4. The Labute approximate surface area is 189 Å². The van der Waals surface area contributed by atoms with E-state index in [1.54, 1.807) is 24.3 Å². The van der Waals surface area contributed by atoms with Gasteiger partial charge in [-0.25, -0.2) is 8.78 Å². The van der Waals surface area contributed by atoms with E-state index in [0.29, 0.717) is 21.9 Å². The second kappa shape index (κ2) is 9.99. The average molecular weight is 461 g/mol. The lowest BCUT2D eigenvalue weighted by molar-refractivity contribution is -0.115. The maximum absolute atomic E-state index is 13.4. The number of hydrogen-bond acceptors (Lipinski definition) is 5. The fraction of sp³-hybridized carbons (Fsp3) is 0.304. The first kappa shape index (κ1) is 22.1. The van der Waals surface area contributed by atoms with Crippen LogP contribution in [0.4, 0.5) is 8.78 Å². The molecule has 4 nitrogen and oxygen atoms in total. The van der Waals surface area contributed by atoms with Gasteiger partial charge in [0.25, 0.3) is 5.91 Å². The van der Waals surface area contributed by atoms with Crippen LogP contribution in [-0.4, -0.2) is 34.9 Å². The Morgan fingerprint density at radius 2 is 1.61 bits per heavy atom. The van der Waals surface area contributed by atoms with Gasteiger partial charge in [-0.1, -0.05) is 54.3 Å². The molecule has 1 amide bonds. The van der Waals surface area contributed by atoms with E-state index < -0.39 is 6.10 Å². The first-order valence-electron chi connectivity index (χ1n) is 10.1. The van der Waals surface area contributed by atoms with E-state index in [4.69, 9.17) is 17.0 Å². The molecule has 2 saturated heterocycles. The van der Waals surface area contributed by atoms with Gasteiger partial charge in [0.05, 0.1) is 4.91 Å². The third-order valence-corrected chi connectivity index (χ3v) is 6.61. The zero-order valence-corrected chi connectivity index (χ0v) is 18.4. The molecule has 0 saturated carbocycles. The summed E-state index contributed by atoms with van der Waals surface area (Å²) in [7, 11) is 0. The van der Waals surface area contributed by atoms with E-state index >= 15 is 0 Å². The highest BCUT2D eigenvalue weighted by Gasteiger charge is 2.26. The third kappa shape index (κ3) is 5.77. The van der Waals surface area contributed by atoms with E-state index in [0.717, 1.165) is 37.1 Å². The molecular formula is C23H22F2N2O2S2. The van der Waals surface area contributed by atoms with Crippen LogP contribution in [0, 0.1) is 17.6 Å². The number of benzene rings is 2. The number of halogens is 2. The Kier molecular flexibility index (Phi) is 7.12. The van der Waals surface area contributed by atoms with Gasteiger partial charge >= 0.3 is 0 Å². The van der Waals surface area contributed by atoms with Crippen molar-refractivity contribution in [2.75, 3.05) is 19.8 Å². The normalized spacial score (nSPS) is 19.4. The zero-order valence-electron chi connectivity index (χ0n) is 16.7. The standard InChI is InChI=1S/C23H22F2N2O2S2/c24-18-5-1-16(2-6-18)21(17-3-7-19(25)8-4-17)29-14-27-11-9-15(10-12-27)13-20-22(28)26-23(30)31-20/h1-8,13,15,21H,9-12,14H2,(H,26,28,30)/b20-13+. The first-order chi connectivity index (χ1) is 15.0. The van der Waals surface area contributed by atoms with E-state index in [1.165, 1.54) is 36.0 Å². The fourth-order valence-corrected chi connectivity index (χ4v) is 4.85. The van der Waals surface area contributed by atoms with Crippen LogP contribution in [0.15, 0.2) is 59.5 Å². The summed E-state index contributed by atoms with van der Waals surface area (Å²) in [5, 5.41) is 2.65. The number of ether oxygens (including phenoxy) is 1. The predicted octanol–water partition coefficient (Wildman–Crippen LogP) is 4.77. The van der Waals surface area contributed by atoms with E-state index in [2.05, 4.69) is 10.2 Å². The van der Waals surface area contributed by atoms with Crippen LogP contribution in [0.1, 0.15) is 30.1 Å². The topological polar surface area (TPSA) is 41.6 Å². The Morgan fingerprint density at radius 3 is 2.10 bits per heavy atom. The minimum absolute atomic E-state index is 0.109. The smallest absolute Gasteiger partial charge is 0.263 e. The number of nitrogens with one attached hydrogen (secondary N) is 1. The zero-order chi connectivity index (χ0) is 21.8. The van der Waals surface area contributed by atoms with Crippen molar-refractivity contribution in [1.82, 2.24) is 10.2 Å². The first-order valence-corrected chi connectivity index (χ1v) is 11.3. The van der Waals surface area contributed by atoms with Crippen LogP contribution >= 0.6 is 24.0 Å². The number of hydrogen-bond donors (Lipinski definition) is 1. The van der Waals surface area contributed by atoms with E-state index in [9.17, 15) is 13.6 Å². The highest BCUT2D eigenvalue weighted by atomic mass is 32.2. The number of rotatable bonds is 6. The molecule has 2 aliphatic heterocycles. The van der Waals surface area contributed by atoms with Gasteiger partial charge in [-0.05, 0) is 54.2 Å². The van der Waals surface area contributed by atoms with E-state index in [-0.39, 0.29) is 17.5 Å². The van der Waals surface area contributed by atoms with Crippen molar-refractivity contribution < 1.29 is 18.3 Å². The van der Waals surface area contributed by atoms with Crippen molar-refractivity contribution in [3.8, 4) is 0 Å². The molecule has 2 heterocycles. The molecule has 1 N–H and O–H groups in total. The Balaban J connectivity index is 1.37. The number of carbonyl (C=O) groups is 1. The van der Waals surface area contributed by atoms with Crippen LogP contribution in [0.25, 0.3) is 0 Å². The van der Waals surface area contributed by atoms with Gasteiger partial charge in [0.15, 0.2) is 0 Å². The van der Waals surface area contributed by atoms with Crippen molar-refractivity contribution in [1.29, 1.82) is 0 Å². The number of piperidine rings is 1. The van der Waals surface area contributed by atoms with Crippen molar-refractivity contribution >= 4 is 34.2 Å². The number of allylic oxidation sites excluding steroid dienone is 1. The molecule has 8 heteroatoms. The highest BCUT2D eigenvalue weighted by molar-refractivity contribution is 8.26. The number of thiocarbonyl (C=S) groups is 1.